The van der Waals surface area contributed by atoms with Gasteiger partial charge >= 0.3 is 0 Å². The van der Waals surface area contributed by atoms with Crippen molar-refractivity contribution in [2.24, 2.45) is 0 Å². The van der Waals surface area contributed by atoms with Crippen LogP contribution in [0.15, 0.2) is 18.2 Å². The summed E-state index contributed by atoms with van der Waals surface area (Å²) in [7, 11) is 1.56. The van der Waals surface area contributed by atoms with Crippen LogP contribution in [0.3, 0.4) is 0 Å². The number of benzene rings is 1. The molecule has 0 bridgehead atoms. The Morgan fingerprint density at radius 2 is 1.94 bits per heavy atom. The second kappa shape index (κ2) is 14.5. The third kappa shape index (κ3) is 8.01. The minimum Gasteiger partial charge on any atom is -0.359 e. The van der Waals surface area contributed by atoms with Gasteiger partial charge in [0.1, 0.15) is 6.29 Å². The van der Waals surface area contributed by atoms with Crippen LogP contribution in [0.4, 0.5) is 0 Å². The average molecular weight is 454 g/mol. The van der Waals surface area contributed by atoms with Crippen LogP contribution in [0, 0.1) is 11.8 Å². The number of rotatable bonds is 14. The van der Waals surface area contributed by atoms with E-state index in [-0.39, 0.29) is 18.2 Å². The van der Waals surface area contributed by atoms with Gasteiger partial charge in [0.2, 0.25) is 5.91 Å². The number of hydrogen-bond acceptors (Lipinski definition) is 4. The second-order valence-electron chi connectivity index (χ2n) is 8.61. The lowest BCUT2D eigenvalue weighted by atomic mass is 10.0. The molecule has 0 fully saturated rings. The molecule has 1 atom stereocenters. The fourth-order valence-corrected chi connectivity index (χ4v) is 4.17. The molecule has 1 heterocycles. The van der Waals surface area contributed by atoms with E-state index in [0.717, 1.165) is 36.8 Å². The first-order chi connectivity index (χ1) is 16.0. The van der Waals surface area contributed by atoms with Crippen molar-refractivity contribution in [1.29, 1.82) is 0 Å². The van der Waals surface area contributed by atoms with Gasteiger partial charge in [0, 0.05) is 43.6 Å². The largest absolute Gasteiger partial charge is 0.359 e. The van der Waals surface area contributed by atoms with Crippen molar-refractivity contribution >= 4 is 18.1 Å². The summed E-state index contributed by atoms with van der Waals surface area (Å²) < 4.78 is 0. The second-order valence-corrected chi connectivity index (χ2v) is 8.61. The normalized spacial score (nSPS) is 13.5. The first-order valence-corrected chi connectivity index (χ1v) is 12.4. The smallest absolute Gasteiger partial charge is 0.255 e. The molecule has 0 aliphatic carbocycles. The highest BCUT2D eigenvalue weighted by atomic mass is 16.2. The maximum Gasteiger partial charge on any atom is 0.255 e. The third-order valence-electron chi connectivity index (χ3n) is 6.37. The fourth-order valence-electron chi connectivity index (χ4n) is 4.17. The van der Waals surface area contributed by atoms with Gasteiger partial charge in [-0.05, 0) is 56.3 Å². The standard InChI is InChI=1S/C27H39N3O3/c1-4-22(5-2)29-18-11-9-7-6-8-10-13-21-14-12-15-24-25(21)19-30(27(24)33)23(20-31)16-17-26(32)28-3/h12,14-15,20,22-23,29H,4-9,11,16-19H2,1-3H3,(H,28,32). The Labute approximate surface area is 198 Å². The summed E-state index contributed by atoms with van der Waals surface area (Å²) in [4.78, 5) is 37.6. The van der Waals surface area contributed by atoms with Gasteiger partial charge in [-0.2, -0.15) is 0 Å². The highest BCUT2D eigenvalue weighted by molar-refractivity contribution is 6.00. The zero-order valence-electron chi connectivity index (χ0n) is 20.4. The number of nitrogens with one attached hydrogen (secondary N) is 2. The predicted molar refractivity (Wildman–Crippen MR) is 132 cm³/mol. The van der Waals surface area contributed by atoms with Crippen molar-refractivity contribution in [2.75, 3.05) is 13.6 Å². The molecule has 180 valence electrons. The topological polar surface area (TPSA) is 78.5 Å². The van der Waals surface area contributed by atoms with E-state index in [4.69, 9.17) is 0 Å². The lowest BCUT2D eigenvalue weighted by Gasteiger charge is -2.22. The Morgan fingerprint density at radius 1 is 1.18 bits per heavy atom. The first-order valence-electron chi connectivity index (χ1n) is 12.4. The van der Waals surface area contributed by atoms with Gasteiger partial charge in [-0.25, -0.2) is 0 Å². The zero-order chi connectivity index (χ0) is 24.1. The van der Waals surface area contributed by atoms with Crippen LogP contribution >= 0.6 is 0 Å². The summed E-state index contributed by atoms with van der Waals surface area (Å²) in [5, 5.41) is 6.15. The van der Waals surface area contributed by atoms with Crippen molar-refractivity contribution in [2.45, 2.75) is 90.3 Å². The van der Waals surface area contributed by atoms with Crippen LogP contribution in [-0.2, 0) is 16.1 Å². The van der Waals surface area contributed by atoms with Crippen LogP contribution in [0.1, 0.15) is 93.1 Å². The third-order valence-corrected chi connectivity index (χ3v) is 6.37. The summed E-state index contributed by atoms with van der Waals surface area (Å²) in [5.74, 6) is 6.20. The monoisotopic (exact) mass is 453 g/mol. The van der Waals surface area contributed by atoms with E-state index < -0.39 is 6.04 Å². The van der Waals surface area contributed by atoms with Crippen molar-refractivity contribution < 1.29 is 14.4 Å². The lowest BCUT2D eigenvalue weighted by Crippen LogP contribution is -2.37. The Morgan fingerprint density at radius 3 is 2.64 bits per heavy atom. The van der Waals surface area contributed by atoms with E-state index in [1.807, 2.05) is 12.1 Å². The van der Waals surface area contributed by atoms with Gasteiger partial charge < -0.3 is 20.3 Å². The molecule has 1 aliphatic heterocycles. The highest BCUT2D eigenvalue weighted by Crippen LogP contribution is 2.28. The zero-order valence-corrected chi connectivity index (χ0v) is 20.4. The maximum absolute atomic E-state index is 12.9. The summed E-state index contributed by atoms with van der Waals surface area (Å²) >= 11 is 0. The van der Waals surface area contributed by atoms with Gasteiger partial charge in [0.25, 0.3) is 5.91 Å². The SMILES string of the molecule is CCC(CC)NCCCCCCC#Cc1cccc2c1CN(C(C=O)CCC(=O)NC)C2=O. The Hall–Kier alpha value is -2.65. The fraction of sp³-hybridized carbons (Fsp3) is 0.593. The summed E-state index contributed by atoms with van der Waals surface area (Å²) in [6.07, 6.45) is 9.15. The summed E-state index contributed by atoms with van der Waals surface area (Å²) in [6.45, 7) is 5.90. The number of fused-ring (bicyclic) bond motifs is 1. The van der Waals surface area contributed by atoms with Gasteiger partial charge in [-0.1, -0.05) is 44.6 Å². The molecular formula is C27H39N3O3. The molecule has 33 heavy (non-hydrogen) atoms. The van der Waals surface area contributed by atoms with E-state index in [2.05, 4.69) is 36.3 Å². The van der Waals surface area contributed by atoms with E-state index in [0.29, 0.717) is 24.6 Å². The molecule has 0 spiro atoms. The number of carbonyl (C=O) groups is 3. The van der Waals surface area contributed by atoms with Crippen molar-refractivity contribution in [3.63, 3.8) is 0 Å². The summed E-state index contributed by atoms with van der Waals surface area (Å²) in [6, 6.07) is 5.61. The quantitative estimate of drug-likeness (QED) is 0.255. The predicted octanol–water partition coefficient (Wildman–Crippen LogP) is 3.82. The molecule has 1 aliphatic rings. The highest BCUT2D eigenvalue weighted by Gasteiger charge is 2.33. The summed E-state index contributed by atoms with van der Waals surface area (Å²) in [5.41, 5.74) is 2.35. The minimum absolute atomic E-state index is 0.139. The van der Waals surface area contributed by atoms with Crippen molar-refractivity contribution in [1.82, 2.24) is 15.5 Å². The van der Waals surface area contributed by atoms with Gasteiger partial charge in [0.15, 0.2) is 0 Å². The molecule has 0 saturated heterocycles. The molecule has 0 aromatic heterocycles. The van der Waals surface area contributed by atoms with Crippen LogP contribution in [-0.4, -0.2) is 48.7 Å². The molecule has 0 saturated carbocycles. The lowest BCUT2D eigenvalue weighted by molar-refractivity contribution is -0.121. The maximum atomic E-state index is 12.9. The molecule has 1 unspecified atom stereocenters. The minimum atomic E-state index is -0.609. The van der Waals surface area contributed by atoms with Crippen molar-refractivity contribution in [3.05, 3.63) is 34.9 Å². The number of hydrogen-bond donors (Lipinski definition) is 2. The van der Waals surface area contributed by atoms with Crippen LogP contribution in [0.5, 0.6) is 0 Å². The van der Waals surface area contributed by atoms with Gasteiger partial charge in [-0.3, -0.25) is 9.59 Å². The molecule has 6 nitrogen and oxygen atoms in total. The van der Waals surface area contributed by atoms with E-state index in [1.54, 1.807) is 18.0 Å². The van der Waals surface area contributed by atoms with Gasteiger partial charge in [-0.15, -0.1) is 0 Å². The molecule has 1 aromatic rings. The molecule has 2 rings (SSSR count). The van der Waals surface area contributed by atoms with E-state index >= 15 is 0 Å². The van der Waals surface area contributed by atoms with E-state index in [1.165, 1.54) is 32.1 Å². The van der Waals surface area contributed by atoms with Gasteiger partial charge in [0.05, 0.1) is 6.04 Å². The number of carbonyl (C=O) groups excluding carboxylic acids is 3. The Balaban J connectivity index is 1.84. The number of unbranched alkanes of at least 4 members (excludes halogenated alkanes) is 4. The van der Waals surface area contributed by atoms with Crippen LogP contribution in [0.2, 0.25) is 0 Å². The number of aldehydes is 1. The molecule has 0 radical (unpaired) electrons. The Bertz CT molecular complexity index is 852. The Kier molecular flexibility index (Phi) is 11.7. The molecular weight excluding hydrogens is 414 g/mol. The number of amides is 2. The number of nitrogens with zero attached hydrogens (tertiary/aromatic N) is 1. The first kappa shape index (κ1) is 26.6. The van der Waals surface area contributed by atoms with Crippen LogP contribution < -0.4 is 10.6 Å². The molecule has 2 amide bonds. The van der Waals surface area contributed by atoms with E-state index in [9.17, 15) is 14.4 Å². The molecule has 2 N–H and O–H groups in total. The van der Waals surface area contributed by atoms with Crippen LogP contribution in [0.25, 0.3) is 0 Å². The molecule has 6 heteroatoms. The molecule has 1 aromatic carbocycles. The van der Waals surface area contributed by atoms with Crippen molar-refractivity contribution in [3.8, 4) is 11.8 Å². The average Bonchev–Trinajstić information content (AvgIpc) is 3.17.